The fourth-order valence-corrected chi connectivity index (χ4v) is 0.852. The van der Waals surface area contributed by atoms with E-state index in [-0.39, 0.29) is 11.9 Å². The normalized spacial score (nSPS) is 15.7. The fourth-order valence-electron chi connectivity index (χ4n) is 0.852. The molecule has 1 aromatic heterocycles. The van der Waals surface area contributed by atoms with E-state index in [0.717, 1.165) is 5.01 Å². The summed E-state index contributed by atoms with van der Waals surface area (Å²) in [5, 5.41) is 12.1. The second-order valence-electron chi connectivity index (χ2n) is 2.15. The first-order valence-electron chi connectivity index (χ1n) is 3.37. The summed E-state index contributed by atoms with van der Waals surface area (Å²) in [5.74, 6) is 0.0826. The zero-order chi connectivity index (χ0) is 8.39. The summed E-state index contributed by atoms with van der Waals surface area (Å²) in [4.78, 5) is 14.9. The highest BCUT2D eigenvalue weighted by Crippen LogP contribution is 2.09. The lowest BCUT2D eigenvalue weighted by molar-refractivity contribution is -0.116. The van der Waals surface area contributed by atoms with Gasteiger partial charge in [0, 0.05) is 6.21 Å². The van der Waals surface area contributed by atoms with Crippen molar-refractivity contribution in [2.24, 2.45) is 5.10 Å². The van der Waals surface area contributed by atoms with E-state index < -0.39 is 0 Å². The van der Waals surface area contributed by atoms with Crippen LogP contribution in [0.3, 0.4) is 0 Å². The Morgan fingerprint density at radius 3 is 2.92 bits per heavy atom. The summed E-state index contributed by atoms with van der Waals surface area (Å²) in [7, 11) is 0. The van der Waals surface area contributed by atoms with E-state index in [2.05, 4.69) is 20.3 Å². The molecule has 1 aliphatic heterocycles. The van der Waals surface area contributed by atoms with E-state index in [4.69, 9.17) is 0 Å². The molecule has 0 fully saturated rings. The largest absolute Gasteiger partial charge is 0.273 e. The van der Waals surface area contributed by atoms with E-state index in [1.165, 1.54) is 18.6 Å². The summed E-state index contributed by atoms with van der Waals surface area (Å²) < 4.78 is 0. The molecule has 0 spiro atoms. The predicted octanol–water partition coefficient (Wildman–Crippen LogP) is -0.406. The molecule has 2 heterocycles. The van der Waals surface area contributed by atoms with Crippen LogP contribution in [-0.4, -0.2) is 27.3 Å². The molecule has 0 radical (unpaired) electrons. The van der Waals surface area contributed by atoms with Gasteiger partial charge in [-0.15, -0.1) is 5.10 Å². The van der Waals surface area contributed by atoms with Crippen LogP contribution >= 0.6 is 0 Å². The van der Waals surface area contributed by atoms with Crippen LogP contribution in [0.2, 0.25) is 0 Å². The second-order valence-corrected chi connectivity index (χ2v) is 2.15. The molecule has 0 unspecified atom stereocenters. The molecule has 6 heteroatoms. The van der Waals surface area contributed by atoms with Gasteiger partial charge in [-0.3, -0.25) is 4.79 Å². The van der Waals surface area contributed by atoms with Crippen molar-refractivity contribution in [3.63, 3.8) is 0 Å². The Hall–Kier alpha value is -1.85. The highest BCUT2D eigenvalue weighted by atomic mass is 16.2. The van der Waals surface area contributed by atoms with Crippen LogP contribution in [0.1, 0.15) is 6.42 Å². The molecule has 0 saturated heterocycles. The number of carbonyl (C=O) groups is 1. The number of rotatable bonds is 1. The van der Waals surface area contributed by atoms with Gasteiger partial charge in [-0.2, -0.15) is 15.2 Å². The number of hydrogen-bond acceptors (Lipinski definition) is 5. The first-order chi connectivity index (χ1) is 5.88. The number of aromatic nitrogens is 3. The van der Waals surface area contributed by atoms with E-state index in [1.54, 1.807) is 0 Å². The Bertz CT molecular complexity index is 322. The monoisotopic (exact) mass is 163 g/mol. The first-order valence-corrected chi connectivity index (χ1v) is 3.37. The van der Waals surface area contributed by atoms with Gasteiger partial charge in [-0.1, -0.05) is 0 Å². The van der Waals surface area contributed by atoms with E-state index in [0.29, 0.717) is 6.42 Å². The van der Waals surface area contributed by atoms with Crippen molar-refractivity contribution in [2.75, 3.05) is 5.01 Å². The Labute approximate surface area is 67.9 Å². The zero-order valence-electron chi connectivity index (χ0n) is 6.08. The van der Waals surface area contributed by atoms with Crippen LogP contribution in [0, 0.1) is 0 Å². The minimum Gasteiger partial charge on any atom is -0.272 e. The van der Waals surface area contributed by atoms with Gasteiger partial charge in [0.25, 0.3) is 11.9 Å². The SMILES string of the molecule is O=C1CC=NN1c1nccnn1. The maximum absolute atomic E-state index is 11.1. The highest BCUT2D eigenvalue weighted by Gasteiger charge is 2.20. The first kappa shape index (κ1) is 6.84. The van der Waals surface area contributed by atoms with Gasteiger partial charge >= 0.3 is 0 Å². The molecule has 0 aliphatic carbocycles. The molecule has 1 amide bonds. The van der Waals surface area contributed by atoms with Crippen molar-refractivity contribution in [2.45, 2.75) is 6.42 Å². The average molecular weight is 163 g/mol. The maximum Gasteiger partial charge on any atom is 0.273 e. The van der Waals surface area contributed by atoms with Crippen molar-refractivity contribution >= 4 is 18.1 Å². The van der Waals surface area contributed by atoms with E-state index in [1.807, 2.05) is 0 Å². The minimum absolute atomic E-state index is 0.136. The van der Waals surface area contributed by atoms with Crippen molar-refractivity contribution in [1.82, 2.24) is 15.2 Å². The van der Waals surface area contributed by atoms with Crippen LogP contribution in [0.5, 0.6) is 0 Å². The zero-order valence-corrected chi connectivity index (χ0v) is 6.08. The van der Waals surface area contributed by atoms with Gasteiger partial charge in [0.15, 0.2) is 0 Å². The summed E-state index contributed by atoms with van der Waals surface area (Å²) in [6, 6.07) is 0. The highest BCUT2D eigenvalue weighted by molar-refractivity contribution is 6.04. The van der Waals surface area contributed by atoms with Crippen LogP contribution in [0.25, 0.3) is 0 Å². The molecule has 2 rings (SSSR count). The maximum atomic E-state index is 11.1. The van der Waals surface area contributed by atoms with Gasteiger partial charge in [0.2, 0.25) is 0 Å². The number of carbonyl (C=O) groups excluding carboxylic acids is 1. The summed E-state index contributed by atoms with van der Waals surface area (Å²) in [5.41, 5.74) is 0. The molecule has 0 N–H and O–H groups in total. The Kier molecular flexibility index (Phi) is 1.51. The second kappa shape index (κ2) is 2.65. The molecule has 1 aliphatic rings. The number of nitrogens with zero attached hydrogens (tertiary/aromatic N) is 5. The van der Waals surface area contributed by atoms with Gasteiger partial charge < -0.3 is 0 Å². The molecule has 6 nitrogen and oxygen atoms in total. The van der Waals surface area contributed by atoms with Gasteiger partial charge in [0.1, 0.15) is 0 Å². The fraction of sp³-hybridized carbons (Fsp3) is 0.167. The topological polar surface area (TPSA) is 71.3 Å². The Morgan fingerprint density at radius 2 is 2.33 bits per heavy atom. The van der Waals surface area contributed by atoms with Gasteiger partial charge in [0.05, 0.1) is 18.8 Å². The van der Waals surface area contributed by atoms with E-state index >= 15 is 0 Å². The smallest absolute Gasteiger partial charge is 0.272 e. The number of anilines is 1. The molecule has 0 bridgehead atoms. The van der Waals surface area contributed by atoms with Crippen molar-refractivity contribution in [3.05, 3.63) is 12.4 Å². The summed E-state index contributed by atoms with van der Waals surface area (Å²) in [6.07, 6.45) is 4.72. The van der Waals surface area contributed by atoms with Gasteiger partial charge in [-0.25, -0.2) is 4.98 Å². The number of hydrazone groups is 1. The molecule has 1 aromatic rings. The molecule has 0 saturated carbocycles. The third kappa shape index (κ3) is 1.03. The molecule has 0 aromatic carbocycles. The quantitative estimate of drug-likeness (QED) is 0.564. The third-order valence-electron chi connectivity index (χ3n) is 1.36. The minimum atomic E-state index is -0.136. The summed E-state index contributed by atoms with van der Waals surface area (Å²) >= 11 is 0. The average Bonchev–Trinajstić information content (AvgIpc) is 2.53. The van der Waals surface area contributed by atoms with Crippen LogP contribution < -0.4 is 5.01 Å². The molecular weight excluding hydrogens is 158 g/mol. The number of amides is 1. The van der Waals surface area contributed by atoms with Gasteiger partial charge in [-0.05, 0) is 0 Å². The lowest BCUT2D eigenvalue weighted by Gasteiger charge is -2.06. The lowest BCUT2D eigenvalue weighted by atomic mass is 10.5. The van der Waals surface area contributed by atoms with Crippen LogP contribution in [0.4, 0.5) is 5.95 Å². The van der Waals surface area contributed by atoms with E-state index in [9.17, 15) is 4.79 Å². The molecule has 0 atom stereocenters. The lowest BCUT2D eigenvalue weighted by Crippen LogP contribution is -2.22. The molecular formula is C6H5N5O. The van der Waals surface area contributed by atoms with Crippen LogP contribution in [-0.2, 0) is 4.79 Å². The molecule has 12 heavy (non-hydrogen) atoms. The Balaban J connectivity index is 2.31. The number of hydrogen-bond donors (Lipinski definition) is 0. The molecule has 60 valence electrons. The summed E-state index contributed by atoms with van der Waals surface area (Å²) in [6.45, 7) is 0. The Morgan fingerprint density at radius 1 is 1.42 bits per heavy atom. The van der Waals surface area contributed by atoms with Crippen molar-refractivity contribution < 1.29 is 4.79 Å². The standard InChI is InChI=1S/C6H5N5O/c12-5-1-2-9-11(5)6-7-3-4-8-10-6/h2-4H,1H2. The third-order valence-corrected chi connectivity index (χ3v) is 1.36. The van der Waals surface area contributed by atoms with Crippen molar-refractivity contribution in [3.8, 4) is 0 Å². The predicted molar refractivity (Wildman–Crippen MR) is 40.4 cm³/mol. The van der Waals surface area contributed by atoms with Crippen LogP contribution in [0.15, 0.2) is 17.5 Å². The van der Waals surface area contributed by atoms with Crippen molar-refractivity contribution in [1.29, 1.82) is 0 Å².